The maximum absolute atomic E-state index is 12.8. The van der Waals surface area contributed by atoms with Gasteiger partial charge in [0.15, 0.2) is 0 Å². The predicted molar refractivity (Wildman–Crippen MR) is 94.7 cm³/mol. The van der Waals surface area contributed by atoms with Crippen LogP contribution in [0.5, 0.6) is 5.75 Å². The molecule has 0 amide bonds. The first-order valence-corrected chi connectivity index (χ1v) is 10.0. The lowest BCUT2D eigenvalue weighted by Gasteiger charge is -2.21. The Morgan fingerprint density at radius 3 is 2.37 bits per heavy atom. The maximum atomic E-state index is 12.8. The summed E-state index contributed by atoms with van der Waals surface area (Å²) in [7, 11) is -3.91. The Labute approximate surface area is 156 Å². The van der Waals surface area contributed by atoms with Crippen molar-refractivity contribution in [1.82, 2.24) is 4.72 Å². The van der Waals surface area contributed by atoms with Crippen molar-refractivity contribution in [3.63, 3.8) is 0 Å². The Hall–Kier alpha value is -2.06. The molecule has 4 nitrogen and oxygen atoms in total. The molecule has 27 heavy (non-hydrogen) atoms. The molecule has 0 unspecified atom stereocenters. The van der Waals surface area contributed by atoms with Gasteiger partial charge in [-0.1, -0.05) is 43.2 Å². The second-order valence-electron chi connectivity index (χ2n) is 6.77. The van der Waals surface area contributed by atoms with Crippen LogP contribution in [-0.2, 0) is 15.6 Å². The highest BCUT2D eigenvalue weighted by Gasteiger charge is 2.56. The zero-order valence-corrected chi connectivity index (χ0v) is 15.7. The van der Waals surface area contributed by atoms with Gasteiger partial charge in [0.25, 0.3) is 0 Å². The van der Waals surface area contributed by atoms with Crippen molar-refractivity contribution in [2.24, 2.45) is 5.92 Å². The highest BCUT2D eigenvalue weighted by atomic mass is 32.2. The lowest BCUT2D eigenvalue weighted by atomic mass is 10.0. The van der Waals surface area contributed by atoms with Gasteiger partial charge < -0.3 is 4.74 Å². The third-order valence-electron chi connectivity index (χ3n) is 4.82. The number of aryl methyl sites for hydroxylation is 1. The van der Waals surface area contributed by atoms with E-state index in [-0.39, 0.29) is 10.8 Å². The lowest BCUT2D eigenvalue weighted by molar-refractivity contribution is -0.274. The third kappa shape index (κ3) is 4.27. The lowest BCUT2D eigenvalue weighted by Crippen LogP contribution is -2.36. The maximum Gasteiger partial charge on any atom is 0.573 e. The predicted octanol–water partition coefficient (Wildman–Crippen LogP) is 4.50. The van der Waals surface area contributed by atoms with Gasteiger partial charge in [0.05, 0.1) is 10.4 Å². The van der Waals surface area contributed by atoms with E-state index in [9.17, 15) is 21.6 Å². The van der Waals surface area contributed by atoms with E-state index in [1.807, 2.05) is 38.1 Å². The van der Waals surface area contributed by atoms with Gasteiger partial charge in [0.1, 0.15) is 5.75 Å². The molecular weight excluding hydrogens is 379 g/mol. The molecule has 1 saturated carbocycles. The van der Waals surface area contributed by atoms with Gasteiger partial charge in [0.2, 0.25) is 10.0 Å². The molecule has 1 fully saturated rings. The fourth-order valence-corrected chi connectivity index (χ4v) is 4.86. The average Bonchev–Trinajstić information content (AvgIpc) is 3.27. The number of alkyl halides is 3. The summed E-state index contributed by atoms with van der Waals surface area (Å²) in [6.45, 7) is 3.94. The van der Waals surface area contributed by atoms with Crippen molar-refractivity contribution in [3.8, 4) is 5.75 Å². The van der Waals surface area contributed by atoms with Crippen LogP contribution in [-0.4, -0.2) is 14.8 Å². The quantitative estimate of drug-likeness (QED) is 0.778. The van der Waals surface area contributed by atoms with Gasteiger partial charge in [-0.15, -0.1) is 13.2 Å². The first-order valence-electron chi connectivity index (χ1n) is 8.53. The average molecular weight is 399 g/mol. The van der Waals surface area contributed by atoms with Crippen molar-refractivity contribution in [3.05, 3.63) is 59.7 Å². The van der Waals surface area contributed by atoms with Crippen LogP contribution in [0.25, 0.3) is 0 Å². The third-order valence-corrected chi connectivity index (χ3v) is 6.34. The normalized spacial score (nSPS) is 22.5. The summed E-state index contributed by atoms with van der Waals surface area (Å²) in [4.78, 5) is -0.106. The zero-order chi connectivity index (χ0) is 19.9. The molecule has 0 aromatic heterocycles. The van der Waals surface area contributed by atoms with Crippen molar-refractivity contribution in [1.29, 1.82) is 0 Å². The van der Waals surface area contributed by atoms with Crippen molar-refractivity contribution in [2.75, 3.05) is 0 Å². The number of nitrogens with one attached hydrogen (secondary N) is 1. The summed E-state index contributed by atoms with van der Waals surface area (Å²) in [6.07, 6.45) is -3.33. The van der Waals surface area contributed by atoms with Gasteiger partial charge in [-0.25, -0.2) is 13.1 Å². The summed E-state index contributed by atoms with van der Waals surface area (Å²) >= 11 is 0. The topological polar surface area (TPSA) is 55.4 Å². The van der Waals surface area contributed by atoms with Crippen LogP contribution >= 0.6 is 0 Å². The fourth-order valence-electron chi connectivity index (χ4n) is 3.40. The van der Waals surface area contributed by atoms with Crippen LogP contribution < -0.4 is 9.46 Å². The molecule has 1 aliphatic carbocycles. The summed E-state index contributed by atoms with van der Waals surface area (Å²) in [6, 6.07) is 11.9. The molecule has 1 aliphatic rings. The van der Waals surface area contributed by atoms with Crippen molar-refractivity contribution in [2.45, 2.75) is 43.5 Å². The Morgan fingerprint density at radius 2 is 1.85 bits per heavy atom. The van der Waals surface area contributed by atoms with E-state index in [4.69, 9.17) is 0 Å². The summed E-state index contributed by atoms with van der Waals surface area (Å²) in [5.74, 6) is -0.297. The zero-order valence-electron chi connectivity index (χ0n) is 14.9. The van der Waals surface area contributed by atoms with Crippen molar-refractivity contribution >= 4 is 10.0 Å². The first kappa shape index (κ1) is 19.7. The van der Waals surface area contributed by atoms with Crippen LogP contribution in [0.1, 0.15) is 30.9 Å². The highest BCUT2D eigenvalue weighted by Crippen LogP contribution is 2.54. The summed E-state index contributed by atoms with van der Waals surface area (Å²) in [5.41, 5.74) is 1.25. The molecule has 1 N–H and O–H groups in total. The molecule has 0 spiro atoms. The molecule has 0 bridgehead atoms. The molecule has 146 valence electrons. The Morgan fingerprint density at radius 1 is 1.19 bits per heavy atom. The van der Waals surface area contributed by atoms with Crippen molar-refractivity contribution < 1.29 is 26.3 Å². The molecular formula is C19H20F3NO3S. The molecule has 0 heterocycles. The van der Waals surface area contributed by atoms with E-state index < -0.39 is 27.7 Å². The Kier molecular flexibility index (Phi) is 4.98. The summed E-state index contributed by atoms with van der Waals surface area (Å²) in [5, 5.41) is 0. The Balaban J connectivity index is 1.86. The minimum Gasteiger partial charge on any atom is -0.406 e. The van der Waals surface area contributed by atoms with E-state index >= 15 is 0 Å². The van der Waals surface area contributed by atoms with Gasteiger partial charge >= 0.3 is 6.36 Å². The Bertz CT molecular complexity index is 926. The molecule has 2 aromatic rings. The van der Waals surface area contributed by atoms with Crippen LogP contribution in [0, 0.1) is 12.8 Å². The number of hydrogen-bond acceptors (Lipinski definition) is 3. The smallest absolute Gasteiger partial charge is 0.406 e. The van der Waals surface area contributed by atoms with Gasteiger partial charge in [-0.3, -0.25) is 0 Å². The van der Waals surface area contributed by atoms with E-state index in [1.165, 1.54) is 0 Å². The monoisotopic (exact) mass is 399 g/mol. The van der Waals surface area contributed by atoms with Crippen LogP contribution in [0.2, 0.25) is 0 Å². The molecule has 8 heteroatoms. The van der Waals surface area contributed by atoms with Crippen LogP contribution in [0.3, 0.4) is 0 Å². The first-order chi connectivity index (χ1) is 12.6. The second-order valence-corrected chi connectivity index (χ2v) is 8.46. The molecule has 3 rings (SSSR count). The van der Waals surface area contributed by atoms with Crippen LogP contribution in [0.4, 0.5) is 13.2 Å². The molecule has 0 radical (unpaired) electrons. The number of halogens is 3. The van der Waals surface area contributed by atoms with E-state index in [2.05, 4.69) is 9.46 Å². The van der Waals surface area contributed by atoms with Crippen LogP contribution in [0.15, 0.2) is 53.4 Å². The number of hydrogen-bond donors (Lipinski definition) is 1. The largest absolute Gasteiger partial charge is 0.573 e. The van der Waals surface area contributed by atoms with Gasteiger partial charge in [-0.05, 0) is 49.1 Å². The molecule has 0 aliphatic heterocycles. The molecule has 2 atom stereocenters. The van der Waals surface area contributed by atoms with Gasteiger partial charge in [0, 0.05) is 0 Å². The number of rotatable bonds is 6. The molecule has 0 saturated heterocycles. The number of ether oxygens (including phenoxy) is 1. The fraction of sp³-hybridized carbons (Fsp3) is 0.368. The van der Waals surface area contributed by atoms with E-state index in [0.29, 0.717) is 6.42 Å². The minimum atomic E-state index is -4.82. The summed E-state index contributed by atoms with van der Waals surface area (Å²) < 4.78 is 69.0. The minimum absolute atomic E-state index is 0.106. The SMILES string of the molecule is CC[C@H]1C[C@]1(NS(=O)(=O)c1ccc(OC(F)(F)F)cc1)c1cccc(C)c1. The number of benzene rings is 2. The van der Waals surface area contributed by atoms with E-state index in [0.717, 1.165) is 41.8 Å². The standard InChI is InChI=1S/C19H20F3NO3S/c1-3-14-12-18(14,15-6-4-5-13(2)11-15)23-27(24,25)17-9-7-16(8-10-17)26-19(20,21)22/h4-11,14,23H,3,12H2,1-2H3/t14-,18+/m0/s1. The second kappa shape index (κ2) is 6.83. The highest BCUT2D eigenvalue weighted by molar-refractivity contribution is 7.89. The van der Waals surface area contributed by atoms with Gasteiger partial charge in [-0.2, -0.15) is 0 Å². The molecule has 2 aromatic carbocycles. The number of sulfonamides is 1. The van der Waals surface area contributed by atoms with E-state index in [1.54, 1.807) is 0 Å².